The lowest BCUT2D eigenvalue weighted by atomic mass is 9.99. The van der Waals surface area contributed by atoms with Crippen LogP contribution >= 0.6 is 0 Å². The molecule has 1 aliphatic heterocycles. The topological polar surface area (TPSA) is 98.6 Å². The van der Waals surface area contributed by atoms with Crippen LogP contribution in [-0.2, 0) is 22.7 Å². The third kappa shape index (κ3) is 4.52. The molecular formula is C26H25N5O4. The van der Waals surface area contributed by atoms with Crippen molar-refractivity contribution < 1.29 is 19.1 Å². The number of aromatic nitrogens is 3. The molecule has 0 fully saturated rings. The minimum Gasteiger partial charge on any atom is -0.454 e. The predicted molar refractivity (Wildman–Crippen MR) is 130 cm³/mol. The number of fused-ring (bicyclic) bond motifs is 2. The number of carbonyl (C=O) groups is 2. The van der Waals surface area contributed by atoms with Gasteiger partial charge in [-0.2, -0.15) is 0 Å². The molecule has 0 atom stereocenters. The summed E-state index contributed by atoms with van der Waals surface area (Å²) in [6, 6.07) is 22.2. The van der Waals surface area contributed by atoms with Crippen LogP contribution in [0.15, 0.2) is 72.8 Å². The molecule has 4 aromatic rings. The molecule has 0 saturated carbocycles. The Morgan fingerprint density at radius 1 is 1.00 bits per heavy atom. The van der Waals surface area contributed by atoms with Crippen LogP contribution in [0.1, 0.15) is 19.4 Å². The number of hydrogen-bond donors (Lipinski definition) is 1. The minimum absolute atomic E-state index is 0.0475. The van der Waals surface area contributed by atoms with Gasteiger partial charge in [0.1, 0.15) is 17.6 Å². The number of carbonyl (C=O) groups excluding carboxylic acids is 2. The van der Waals surface area contributed by atoms with Crippen molar-refractivity contribution in [2.24, 2.45) is 0 Å². The predicted octanol–water partition coefficient (Wildman–Crippen LogP) is 3.61. The summed E-state index contributed by atoms with van der Waals surface area (Å²) < 4.78 is 12.3. The third-order valence-electron chi connectivity index (χ3n) is 6.05. The van der Waals surface area contributed by atoms with Crippen molar-refractivity contribution in [2.45, 2.75) is 32.5 Å². The second kappa shape index (κ2) is 9.09. The summed E-state index contributed by atoms with van der Waals surface area (Å²) >= 11 is 0. The van der Waals surface area contributed by atoms with Gasteiger partial charge in [0.15, 0.2) is 11.5 Å². The molecule has 0 saturated heterocycles. The van der Waals surface area contributed by atoms with Crippen molar-refractivity contribution in [2.75, 3.05) is 12.1 Å². The SMILES string of the molecule is CC(C)(C(=O)Nc1ccc2c(c1)OCO2)N(Cc1ccccc1)C(=O)Cn1nnc2ccccc21. The standard InChI is InChI=1S/C26H25N5O4/c1-26(2,25(33)27-19-12-13-22-23(14-19)35-17-34-22)30(15-18-8-4-3-5-9-18)24(32)16-31-21-11-7-6-10-20(21)28-29-31/h3-14H,15-17H2,1-2H3,(H,27,33). The molecule has 0 bridgehead atoms. The summed E-state index contributed by atoms with van der Waals surface area (Å²) in [6.07, 6.45) is 0. The van der Waals surface area contributed by atoms with Crippen LogP contribution in [0.3, 0.4) is 0 Å². The average molecular weight is 472 g/mol. The highest BCUT2D eigenvalue weighted by Gasteiger charge is 2.38. The molecule has 0 aliphatic carbocycles. The lowest BCUT2D eigenvalue weighted by molar-refractivity contribution is -0.145. The van der Waals surface area contributed by atoms with E-state index in [-0.39, 0.29) is 31.7 Å². The van der Waals surface area contributed by atoms with Crippen LogP contribution in [0.4, 0.5) is 5.69 Å². The highest BCUT2D eigenvalue weighted by atomic mass is 16.7. The van der Waals surface area contributed by atoms with Gasteiger partial charge < -0.3 is 19.7 Å². The first-order valence-electron chi connectivity index (χ1n) is 11.3. The van der Waals surface area contributed by atoms with E-state index in [2.05, 4.69) is 15.6 Å². The van der Waals surface area contributed by atoms with Gasteiger partial charge in [-0.25, -0.2) is 4.68 Å². The molecule has 9 nitrogen and oxygen atoms in total. The van der Waals surface area contributed by atoms with E-state index >= 15 is 0 Å². The normalized spacial score (nSPS) is 12.5. The van der Waals surface area contributed by atoms with E-state index in [9.17, 15) is 9.59 Å². The Balaban J connectivity index is 1.41. The van der Waals surface area contributed by atoms with Crippen molar-refractivity contribution in [3.63, 3.8) is 0 Å². The fourth-order valence-corrected chi connectivity index (χ4v) is 3.99. The summed E-state index contributed by atoms with van der Waals surface area (Å²) in [5, 5.41) is 11.2. The zero-order chi connectivity index (χ0) is 24.4. The van der Waals surface area contributed by atoms with Gasteiger partial charge >= 0.3 is 0 Å². The molecule has 5 rings (SSSR count). The van der Waals surface area contributed by atoms with Gasteiger partial charge in [-0.1, -0.05) is 47.7 Å². The van der Waals surface area contributed by atoms with Crippen molar-refractivity contribution >= 4 is 28.5 Å². The van der Waals surface area contributed by atoms with Crippen LogP contribution in [0.25, 0.3) is 11.0 Å². The Kier molecular flexibility index (Phi) is 5.82. The number of hydrogen-bond acceptors (Lipinski definition) is 6. The van der Waals surface area contributed by atoms with E-state index in [0.717, 1.165) is 11.1 Å². The zero-order valence-electron chi connectivity index (χ0n) is 19.5. The van der Waals surface area contributed by atoms with Gasteiger partial charge in [0.2, 0.25) is 18.6 Å². The Hall–Kier alpha value is -4.40. The van der Waals surface area contributed by atoms with E-state index in [1.807, 2.05) is 54.6 Å². The largest absolute Gasteiger partial charge is 0.454 e. The monoisotopic (exact) mass is 471 g/mol. The van der Waals surface area contributed by atoms with Gasteiger partial charge in [-0.15, -0.1) is 5.10 Å². The number of benzene rings is 3. The second-order valence-corrected chi connectivity index (χ2v) is 8.78. The maximum absolute atomic E-state index is 13.6. The molecular weight excluding hydrogens is 446 g/mol. The van der Waals surface area contributed by atoms with Crippen molar-refractivity contribution in [3.8, 4) is 11.5 Å². The molecule has 0 unspecified atom stereocenters. The molecule has 0 spiro atoms. The highest BCUT2D eigenvalue weighted by Crippen LogP contribution is 2.34. The molecule has 9 heteroatoms. The molecule has 1 aromatic heterocycles. The van der Waals surface area contributed by atoms with Gasteiger partial charge in [0, 0.05) is 18.3 Å². The Morgan fingerprint density at radius 3 is 2.57 bits per heavy atom. The van der Waals surface area contributed by atoms with E-state index in [4.69, 9.17) is 9.47 Å². The number of amides is 2. The van der Waals surface area contributed by atoms with Crippen LogP contribution in [0.5, 0.6) is 11.5 Å². The molecule has 2 amide bonds. The van der Waals surface area contributed by atoms with Gasteiger partial charge in [0.25, 0.3) is 0 Å². The molecule has 1 aliphatic rings. The van der Waals surface area contributed by atoms with Crippen molar-refractivity contribution in [1.82, 2.24) is 19.9 Å². The highest BCUT2D eigenvalue weighted by molar-refractivity contribution is 6.00. The number of ether oxygens (including phenoxy) is 2. The van der Waals surface area contributed by atoms with Crippen LogP contribution in [-0.4, -0.2) is 44.0 Å². The second-order valence-electron chi connectivity index (χ2n) is 8.78. The molecule has 0 radical (unpaired) electrons. The molecule has 2 heterocycles. The number of para-hydroxylation sites is 1. The summed E-state index contributed by atoms with van der Waals surface area (Å²) in [5.74, 6) is 0.610. The summed E-state index contributed by atoms with van der Waals surface area (Å²) in [4.78, 5) is 28.7. The third-order valence-corrected chi connectivity index (χ3v) is 6.05. The van der Waals surface area contributed by atoms with Crippen LogP contribution in [0, 0.1) is 0 Å². The molecule has 178 valence electrons. The Labute approximate surface area is 202 Å². The fourth-order valence-electron chi connectivity index (χ4n) is 3.99. The number of nitrogens with one attached hydrogen (secondary N) is 1. The summed E-state index contributed by atoms with van der Waals surface area (Å²) in [6.45, 7) is 3.82. The quantitative estimate of drug-likeness (QED) is 0.442. The van der Waals surface area contributed by atoms with Gasteiger partial charge in [-0.3, -0.25) is 9.59 Å². The summed E-state index contributed by atoms with van der Waals surface area (Å²) in [5.41, 5.74) is 1.74. The molecule has 1 N–H and O–H groups in total. The van der Waals surface area contributed by atoms with Crippen LogP contribution in [0.2, 0.25) is 0 Å². The van der Waals surface area contributed by atoms with Gasteiger partial charge in [-0.05, 0) is 43.7 Å². The number of nitrogens with zero attached hydrogens (tertiary/aromatic N) is 4. The first-order chi connectivity index (χ1) is 16.9. The maximum atomic E-state index is 13.6. The number of anilines is 1. The zero-order valence-corrected chi connectivity index (χ0v) is 19.5. The first-order valence-corrected chi connectivity index (χ1v) is 11.3. The maximum Gasteiger partial charge on any atom is 0.249 e. The molecule has 35 heavy (non-hydrogen) atoms. The molecule has 3 aromatic carbocycles. The Morgan fingerprint density at radius 2 is 1.74 bits per heavy atom. The van der Waals surface area contributed by atoms with Crippen LogP contribution < -0.4 is 14.8 Å². The lowest BCUT2D eigenvalue weighted by Crippen LogP contribution is -2.55. The summed E-state index contributed by atoms with van der Waals surface area (Å²) in [7, 11) is 0. The minimum atomic E-state index is -1.18. The van der Waals surface area contributed by atoms with Crippen molar-refractivity contribution in [3.05, 3.63) is 78.4 Å². The number of rotatable bonds is 7. The Bertz CT molecular complexity index is 1380. The van der Waals surface area contributed by atoms with Gasteiger partial charge in [0.05, 0.1) is 5.52 Å². The van der Waals surface area contributed by atoms with E-state index < -0.39 is 5.54 Å². The van der Waals surface area contributed by atoms with E-state index in [1.165, 1.54) is 0 Å². The fraction of sp³-hybridized carbons (Fsp3) is 0.231. The van der Waals surface area contributed by atoms with Crippen molar-refractivity contribution in [1.29, 1.82) is 0 Å². The first kappa shape index (κ1) is 22.4. The smallest absolute Gasteiger partial charge is 0.249 e. The van der Waals surface area contributed by atoms with E-state index in [1.54, 1.807) is 41.6 Å². The van der Waals surface area contributed by atoms with E-state index in [0.29, 0.717) is 22.7 Å². The average Bonchev–Trinajstić information content (AvgIpc) is 3.50. The lowest BCUT2D eigenvalue weighted by Gasteiger charge is -2.37.